The van der Waals surface area contributed by atoms with Gasteiger partial charge in [0.15, 0.2) is 16.6 Å². The fourth-order valence-corrected chi connectivity index (χ4v) is 2.33. The molecule has 0 radical (unpaired) electrons. The summed E-state index contributed by atoms with van der Waals surface area (Å²) in [5.74, 6) is -1.42. The lowest BCUT2D eigenvalue weighted by molar-refractivity contribution is 0.0687. The van der Waals surface area contributed by atoms with Crippen LogP contribution in [-0.4, -0.2) is 27.4 Å². The molecule has 16 heavy (non-hydrogen) atoms. The highest BCUT2D eigenvalue weighted by Gasteiger charge is 2.38. The molecular weight excluding hydrogens is 228 g/mol. The molecule has 6 heteroatoms. The van der Waals surface area contributed by atoms with Crippen LogP contribution in [0.3, 0.4) is 0 Å². The molecule has 2 rings (SSSR count). The van der Waals surface area contributed by atoms with E-state index in [4.69, 9.17) is 5.11 Å². The van der Waals surface area contributed by atoms with Crippen molar-refractivity contribution in [1.29, 1.82) is 0 Å². The number of hydrogen-bond acceptors (Lipinski definition) is 5. The van der Waals surface area contributed by atoms with Crippen LogP contribution in [0.1, 0.15) is 46.8 Å². The SMILES string of the molecule is CC(=O)c1sc(NC2(C)CC2)nc1C(=O)O. The Morgan fingerprint density at radius 3 is 2.50 bits per heavy atom. The lowest BCUT2D eigenvalue weighted by Crippen LogP contribution is -2.15. The van der Waals surface area contributed by atoms with Gasteiger partial charge in [-0.25, -0.2) is 9.78 Å². The van der Waals surface area contributed by atoms with Crippen LogP contribution < -0.4 is 5.32 Å². The zero-order chi connectivity index (χ0) is 11.9. The van der Waals surface area contributed by atoms with Crippen LogP contribution in [0.5, 0.6) is 0 Å². The van der Waals surface area contributed by atoms with E-state index in [1.165, 1.54) is 6.92 Å². The van der Waals surface area contributed by atoms with Crippen LogP contribution in [0.4, 0.5) is 5.13 Å². The summed E-state index contributed by atoms with van der Waals surface area (Å²) in [5.41, 5.74) is -0.119. The number of thiazole rings is 1. The molecule has 2 N–H and O–H groups in total. The van der Waals surface area contributed by atoms with Gasteiger partial charge in [-0.2, -0.15) is 0 Å². The Balaban J connectivity index is 2.30. The summed E-state index contributed by atoms with van der Waals surface area (Å²) in [7, 11) is 0. The Morgan fingerprint density at radius 1 is 1.50 bits per heavy atom. The third-order valence-electron chi connectivity index (χ3n) is 2.56. The van der Waals surface area contributed by atoms with Crippen molar-refractivity contribution in [2.75, 3.05) is 5.32 Å². The second-order valence-electron chi connectivity index (χ2n) is 4.24. The molecule has 0 aliphatic heterocycles. The van der Waals surface area contributed by atoms with E-state index in [1.54, 1.807) is 0 Å². The molecule has 0 spiro atoms. The van der Waals surface area contributed by atoms with Gasteiger partial charge in [0.1, 0.15) is 4.88 Å². The molecule has 1 aromatic heterocycles. The zero-order valence-corrected chi connectivity index (χ0v) is 9.85. The molecule has 0 unspecified atom stereocenters. The number of carboxylic acids is 1. The third-order valence-corrected chi connectivity index (χ3v) is 3.63. The monoisotopic (exact) mass is 240 g/mol. The minimum absolute atomic E-state index is 0.0295. The van der Waals surface area contributed by atoms with Gasteiger partial charge in [-0.15, -0.1) is 0 Å². The smallest absolute Gasteiger partial charge is 0.356 e. The van der Waals surface area contributed by atoms with Crippen molar-refractivity contribution >= 4 is 28.2 Å². The first-order chi connectivity index (χ1) is 7.41. The van der Waals surface area contributed by atoms with E-state index in [2.05, 4.69) is 10.3 Å². The van der Waals surface area contributed by atoms with E-state index in [-0.39, 0.29) is 21.9 Å². The van der Waals surface area contributed by atoms with Crippen molar-refractivity contribution in [3.63, 3.8) is 0 Å². The van der Waals surface area contributed by atoms with Gasteiger partial charge in [-0.3, -0.25) is 4.79 Å². The Morgan fingerprint density at radius 2 is 2.12 bits per heavy atom. The van der Waals surface area contributed by atoms with Crippen molar-refractivity contribution in [3.05, 3.63) is 10.6 Å². The Kier molecular flexibility index (Phi) is 2.46. The van der Waals surface area contributed by atoms with Crippen LogP contribution in [0, 0.1) is 0 Å². The number of anilines is 1. The molecule has 5 nitrogen and oxygen atoms in total. The average Bonchev–Trinajstić information content (AvgIpc) is 2.75. The molecule has 1 heterocycles. The number of aromatic nitrogens is 1. The first kappa shape index (κ1) is 11.1. The highest BCUT2D eigenvalue weighted by atomic mass is 32.1. The molecule has 0 bridgehead atoms. The molecule has 1 aliphatic rings. The molecule has 86 valence electrons. The summed E-state index contributed by atoms with van der Waals surface area (Å²) < 4.78 is 0. The summed E-state index contributed by atoms with van der Waals surface area (Å²) in [4.78, 5) is 26.3. The number of ketones is 1. The highest BCUT2D eigenvalue weighted by molar-refractivity contribution is 7.17. The van der Waals surface area contributed by atoms with Crippen molar-refractivity contribution in [2.45, 2.75) is 32.2 Å². The van der Waals surface area contributed by atoms with E-state index in [9.17, 15) is 9.59 Å². The predicted octanol–water partition coefficient (Wildman–Crippen LogP) is 2.01. The lowest BCUT2D eigenvalue weighted by atomic mass is 10.3. The number of Topliss-reactive ketones (excluding diaryl/α,β-unsaturated/α-hetero) is 1. The van der Waals surface area contributed by atoms with Crippen LogP contribution in [0.2, 0.25) is 0 Å². The normalized spacial score (nSPS) is 16.9. The lowest BCUT2D eigenvalue weighted by Gasteiger charge is -2.08. The van der Waals surface area contributed by atoms with E-state index in [0.29, 0.717) is 5.13 Å². The second kappa shape index (κ2) is 3.55. The van der Waals surface area contributed by atoms with Crippen molar-refractivity contribution in [1.82, 2.24) is 4.98 Å². The summed E-state index contributed by atoms with van der Waals surface area (Å²) in [6.45, 7) is 3.39. The van der Waals surface area contributed by atoms with Gasteiger partial charge in [-0.1, -0.05) is 11.3 Å². The van der Waals surface area contributed by atoms with Gasteiger partial charge in [0.2, 0.25) is 0 Å². The van der Waals surface area contributed by atoms with E-state index < -0.39 is 5.97 Å². The Labute approximate surface area is 96.5 Å². The maximum Gasteiger partial charge on any atom is 0.356 e. The van der Waals surface area contributed by atoms with Crippen molar-refractivity contribution in [2.24, 2.45) is 0 Å². The fraction of sp³-hybridized carbons (Fsp3) is 0.500. The van der Waals surface area contributed by atoms with E-state index >= 15 is 0 Å². The first-order valence-corrected chi connectivity index (χ1v) is 5.76. The summed E-state index contributed by atoms with van der Waals surface area (Å²) in [6, 6.07) is 0. The quantitative estimate of drug-likeness (QED) is 0.787. The largest absolute Gasteiger partial charge is 0.476 e. The average molecular weight is 240 g/mol. The minimum atomic E-state index is -1.16. The van der Waals surface area contributed by atoms with Crippen LogP contribution in [-0.2, 0) is 0 Å². The molecule has 1 saturated carbocycles. The molecule has 1 aromatic rings. The van der Waals surface area contributed by atoms with Gasteiger partial charge in [-0.05, 0) is 19.8 Å². The Bertz CT molecular complexity index is 431. The molecule has 0 atom stereocenters. The number of carbonyl (C=O) groups excluding carboxylic acids is 1. The van der Waals surface area contributed by atoms with Crippen molar-refractivity contribution in [3.8, 4) is 0 Å². The summed E-state index contributed by atoms with van der Waals surface area (Å²) >= 11 is 1.11. The number of aromatic carboxylic acids is 1. The van der Waals surface area contributed by atoms with Crippen LogP contribution in [0.15, 0.2) is 0 Å². The van der Waals surface area contributed by atoms with Crippen LogP contribution in [0.25, 0.3) is 0 Å². The number of carbonyl (C=O) groups is 2. The summed E-state index contributed by atoms with van der Waals surface area (Å²) in [5, 5.41) is 12.6. The number of nitrogens with one attached hydrogen (secondary N) is 1. The van der Waals surface area contributed by atoms with Gasteiger partial charge >= 0.3 is 5.97 Å². The highest BCUT2D eigenvalue weighted by Crippen LogP contribution is 2.39. The van der Waals surface area contributed by atoms with Gasteiger partial charge < -0.3 is 10.4 Å². The molecule has 1 fully saturated rings. The molecule has 0 saturated heterocycles. The molecular formula is C10H12N2O3S. The standard InChI is InChI=1S/C10H12N2O3S/c1-5(13)7-6(8(14)15)11-9(16-7)12-10(2)3-4-10/h3-4H2,1-2H3,(H,11,12)(H,14,15). The van der Waals surface area contributed by atoms with Crippen LogP contribution >= 0.6 is 11.3 Å². The topological polar surface area (TPSA) is 79.3 Å². The third kappa shape index (κ3) is 2.06. The summed E-state index contributed by atoms with van der Waals surface area (Å²) in [6.07, 6.45) is 2.09. The molecule has 0 aromatic carbocycles. The zero-order valence-electron chi connectivity index (χ0n) is 9.03. The van der Waals surface area contributed by atoms with Gasteiger partial charge in [0.25, 0.3) is 0 Å². The van der Waals surface area contributed by atoms with Gasteiger partial charge in [0.05, 0.1) is 0 Å². The number of nitrogens with zero attached hydrogens (tertiary/aromatic N) is 1. The molecule has 0 amide bonds. The second-order valence-corrected chi connectivity index (χ2v) is 5.24. The Hall–Kier alpha value is -1.43. The maximum atomic E-state index is 11.2. The maximum absolute atomic E-state index is 11.2. The van der Waals surface area contributed by atoms with E-state index in [0.717, 1.165) is 24.2 Å². The number of hydrogen-bond donors (Lipinski definition) is 2. The number of rotatable bonds is 4. The van der Waals surface area contributed by atoms with Gasteiger partial charge in [0, 0.05) is 12.5 Å². The van der Waals surface area contributed by atoms with Crippen molar-refractivity contribution < 1.29 is 14.7 Å². The fourth-order valence-electron chi connectivity index (χ4n) is 1.33. The predicted molar refractivity (Wildman–Crippen MR) is 60.3 cm³/mol. The first-order valence-electron chi connectivity index (χ1n) is 4.94. The minimum Gasteiger partial charge on any atom is -0.476 e. The number of carboxylic acid groups (broad SMARTS) is 1. The molecule has 1 aliphatic carbocycles. The van der Waals surface area contributed by atoms with E-state index in [1.807, 2.05) is 6.92 Å².